The molecular formula is C25H20ClF3N2. The maximum absolute atomic E-state index is 13.2. The summed E-state index contributed by atoms with van der Waals surface area (Å²) in [6.07, 6.45) is -4.40. The monoisotopic (exact) mass is 440 g/mol. The van der Waals surface area contributed by atoms with Crippen molar-refractivity contribution in [3.8, 4) is 22.5 Å². The Kier molecular flexibility index (Phi) is 5.63. The zero-order chi connectivity index (χ0) is 22.2. The summed E-state index contributed by atoms with van der Waals surface area (Å²) in [5.74, 6) is 0. The molecule has 0 spiro atoms. The third kappa shape index (κ3) is 4.52. The highest BCUT2D eigenvalue weighted by Crippen LogP contribution is 2.37. The Hall–Kier alpha value is -3.05. The molecule has 0 atom stereocenters. The first-order chi connectivity index (χ1) is 14.7. The summed E-state index contributed by atoms with van der Waals surface area (Å²) in [5.41, 5.74) is 4.95. The van der Waals surface area contributed by atoms with Crippen molar-refractivity contribution in [2.75, 3.05) is 0 Å². The van der Waals surface area contributed by atoms with E-state index in [0.29, 0.717) is 22.0 Å². The molecular weight excluding hydrogens is 421 g/mol. The lowest BCUT2D eigenvalue weighted by molar-refractivity contribution is -0.137. The number of hydrogen-bond donors (Lipinski definition) is 0. The van der Waals surface area contributed by atoms with E-state index in [9.17, 15) is 13.2 Å². The first kappa shape index (κ1) is 21.2. The second kappa shape index (κ2) is 8.23. The van der Waals surface area contributed by atoms with Gasteiger partial charge in [-0.05, 0) is 43.7 Å². The number of alkyl halides is 3. The Balaban J connectivity index is 1.86. The zero-order valence-corrected chi connectivity index (χ0v) is 17.8. The van der Waals surface area contributed by atoms with Gasteiger partial charge in [-0.3, -0.25) is 4.68 Å². The highest BCUT2D eigenvalue weighted by molar-refractivity contribution is 6.35. The van der Waals surface area contributed by atoms with Crippen LogP contribution in [-0.4, -0.2) is 9.78 Å². The molecule has 1 aromatic heterocycles. The fourth-order valence-electron chi connectivity index (χ4n) is 3.62. The predicted octanol–water partition coefficient (Wildman–Crippen LogP) is 7.55. The van der Waals surface area contributed by atoms with Gasteiger partial charge in [0.1, 0.15) is 5.69 Å². The maximum Gasteiger partial charge on any atom is 0.416 e. The lowest BCUT2D eigenvalue weighted by Crippen LogP contribution is -2.08. The molecule has 0 aliphatic rings. The second-order valence-corrected chi connectivity index (χ2v) is 7.98. The zero-order valence-electron chi connectivity index (χ0n) is 17.0. The number of rotatable bonds is 4. The summed E-state index contributed by atoms with van der Waals surface area (Å²) in [6.45, 7) is 4.13. The van der Waals surface area contributed by atoms with Gasteiger partial charge in [0.2, 0.25) is 0 Å². The van der Waals surface area contributed by atoms with Crippen LogP contribution in [-0.2, 0) is 12.7 Å². The van der Waals surface area contributed by atoms with Crippen LogP contribution in [0.2, 0.25) is 5.02 Å². The summed E-state index contributed by atoms with van der Waals surface area (Å²) in [7, 11) is 0. The Morgan fingerprint density at radius 3 is 2.10 bits per heavy atom. The summed E-state index contributed by atoms with van der Waals surface area (Å²) >= 11 is 6.81. The molecule has 1 heterocycles. The van der Waals surface area contributed by atoms with Crippen LogP contribution in [0.15, 0.2) is 72.8 Å². The molecule has 6 heteroatoms. The average molecular weight is 441 g/mol. The van der Waals surface area contributed by atoms with Crippen LogP contribution in [0.4, 0.5) is 13.2 Å². The second-order valence-electron chi connectivity index (χ2n) is 7.61. The van der Waals surface area contributed by atoms with E-state index in [4.69, 9.17) is 16.7 Å². The van der Waals surface area contributed by atoms with Crippen LogP contribution >= 0.6 is 11.6 Å². The average Bonchev–Trinajstić information content (AvgIpc) is 3.03. The summed E-state index contributed by atoms with van der Waals surface area (Å²) in [4.78, 5) is 0. The quantitative estimate of drug-likeness (QED) is 0.320. The van der Waals surface area contributed by atoms with Gasteiger partial charge in [-0.2, -0.15) is 18.3 Å². The minimum Gasteiger partial charge on any atom is -0.258 e. The summed E-state index contributed by atoms with van der Waals surface area (Å²) < 4.78 is 41.2. The number of aromatic nitrogens is 2. The van der Waals surface area contributed by atoms with Crippen LogP contribution in [0, 0.1) is 13.8 Å². The minimum atomic E-state index is -4.40. The summed E-state index contributed by atoms with van der Waals surface area (Å²) in [6, 6.07) is 21.0. The maximum atomic E-state index is 13.2. The van der Waals surface area contributed by atoms with Gasteiger partial charge in [0, 0.05) is 11.1 Å². The van der Waals surface area contributed by atoms with Crippen LogP contribution in [0.3, 0.4) is 0 Å². The molecule has 31 heavy (non-hydrogen) atoms. The molecule has 0 unspecified atom stereocenters. The molecule has 3 aromatic carbocycles. The van der Waals surface area contributed by atoms with Gasteiger partial charge in [0.15, 0.2) is 0 Å². The van der Waals surface area contributed by atoms with Crippen molar-refractivity contribution in [2.45, 2.75) is 26.6 Å². The first-order valence-electron chi connectivity index (χ1n) is 9.79. The van der Waals surface area contributed by atoms with Gasteiger partial charge >= 0.3 is 6.18 Å². The van der Waals surface area contributed by atoms with Gasteiger partial charge in [-0.1, -0.05) is 71.3 Å². The Labute approximate surface area is 183 Å². The van der Waals surface area contributed by atoms with Gasteiger partial charge in [-0.15, -0.1) is 0 Å². The fraction of sp³-hybridized carbons (Fsp3) is 0.160. The number of benzene rings is 3. The molecule has 0 amide bonds. The van der Waals surface area contributed by atoms with Crippen molar-refractivity contribution >= 4 is 11.6 Å². The standard InChI is InChI=1S/C25H20ClF3N2/c1-16-6-3-9-19(12-16)23-22(26)24(20-10-4-7-17(2)13-20)31(30-23)15-18-8-5-11-21(14-18)25(27,28)29/h3-14H,15H2,1-2H3. The third-order valence-corrected chi connectivity index (χ3v) is 5.42. The molecule has 0 N–H and O–H groups in total. The molecule has 0 fully saturated rings. The van der Waals surface area contributed by atoms with Gasteiger partial charge in [0.05, 0.1) is 22.8 Å². The highest BCUT2D eigenvalue weighted by atomic mass is 35.5. The molecule has 0 bridgehead atoms. The lowest BCUT2D eigenvalue weighted by atomic mass is 10.1. The van der Waals surface area contributed by atoms with Gasteiger partial charge in [-0.25, -0.2) is 0 Å². The molecule has 0 aliphatic carbocycles. The third-order valence-electron chi connectivity index (χ3n) is 5.06. The van der Waals surface area contributed by atoms with Crippen LogP contribution in [0.5, 0.6) is 0 Å². The Bertz CT molecular complexity index is 1240. The van der Waals surface area contributed by atoms with E-state index in [1.807, 2.05) is 62.4 Å². The Morgan fingerprint density at radius 1 is 0.839 bits per heavy atom. The number of hydrogen-bond acceptors (Lipinski definition) is 1. The molecule has 0 saturated carbocycles. The molecule has 4 rings (SSSR count). The highest BCUT2D eigenvalue weighted by Gasteiger charge is 2.30. The smallest absolute Gasteiger partial charge is 0.258 e. The fourth-order valence-corrected chi connectivity index (χ4v) is 3.97. The molecule has 158 valence electrons. The molecule has 2 nitrogen and oxygen atoms in total. The van der Waals surface area contributed by atoms with E-state index in [-0.39, 0.29) is 6.54 Å². The summed E-state index contributed by atoms with van der Waals surface area (Å²) in [5, 5.41) is 5.19. The van der Waals surface area contributed by atoms with E-state index in [1.165, 1.54) is 6.07 Å². The SMILES string of the molecule is Cc1cccc(-c2nn(Cc3cccc(C(F)(F)F)c3)c(-c3cccc(C)c3)c2Cl)c1. The van der Waals surface area contributed by atoms with Gasteiger partial charge < -0.3 is 0 Å². The number of halogens is 4. The number of nitrogens with zero attached hydrogens (tertiary/aromatic N) is 2. The van der Waals surface area contributed by atoms with Crippen LogP contribution in [0.1, 0.15) is 22.3 Å². The Morgan fingerprint density at radius 2 is 1.45 bits per heavy atom. The number of aryl methyl sites for hydroxylation is 2. The van der Waals surface area contributed by atoms with Crippen molar-refractivity contribution in [3.05, 3.63) is 100 Å². The topological polar surface area (TPSA) is 17.8 Å². The van der Waals surface area contributed by atoms with Crippen LogP contribution < -0.4 is 0 Å². The van der Waals surface area contributed by atoms with Crippen molar-refractivity contribution in [1.82, 2.24) is 9.78 Å². The van der Waals surface area contributed by atoms with Crippen molar-refractivity contribution in [1.29, 1.82) is 0 Å². The van der Waals surface area contributed by atoms with E-state index in [2.05, 4.69) is 0 Å². The van der Waals surface area contributed by atoms with E-state index < -0.39 is 11.7 Å². The van der Waals surface area contributed by atoms with E-state index >= 15 is 0 Å². The first-order valence-corrected chi connectivity index (χ1v) is 10.2. The van der Waals surface area contributed by atoms with E-state index in [0.717, 1.165) is 34.4 Å². The minimum absolute atomic E-state index is 0.165. The molecule has 4 aromatic rings. The molecule has 0 aliphatic heterocycles. The molecule has 0 radical (unpaired) electrons. The van der Waals surface area contributed by atoms with Crippen molar-refractivity contribution < 1.29 is 13.2 Å². The van der Waals surface area contributed by atoms with Crippen LogP contribution in [0.25, 0.3) is 22.5 Å². The lowest BCUT2D eigenvalue weighted by Gasteiger charge is -2.11. The van der Waals surface area contributed by atoms with Gasteiger partial charge in [0.25, 0.3) is 0 Å². The van der Waals surface area contributed by atoms with Crippen molar-refractivity contribution in [3.63, 3.8) is 0 Å². The van der Waals surface area contributed by atoms with Crippen molar-refractivity contribution in [2.24, 2.45) is 0 Å². The molecule has 0 saturated heterocycles. The predicted molar refractivity (Wildman–Crippen MR) is 118 cm³/mol. The largest absolute Gasteiger partial charge is 0.416 e. The van der Waals surface area contributed by atoms with E-state index in [1.54, 1.807) is 10.7 Å². The normalized spacial score (nSPS) is 11.7.